The fourth-order valence-electron chi connectivity index (χ4n) is 1.44. The number of hydrogen-bond acceptors (Lipinski definition) is 8. The molecule has 0 heterocycles. The van der Waals surface area contributed by atoms with Crippen LogP contribution in [0.15, 0.2) is 12.1 Å². The van der Waals surface area contributed by atoms with Crippen molar-refractivity contribution in [2.24, 2.45) is 11.8 Å². The maximum atomic E-state index is 11.8. The monoisotopic (exact) mass is 340 g/mol. The van der Waals surface area contributed by atoms with Crippen LogP contribution in [0.3, 0.4) is 0 Å². The van der Waals surface area contributed by atoms with Gasteiger partial charge in [0.15, 0.2) is 5.75 Å². The first-order chi connectivity index (χ1) is 11.0. The van der Waals surface area contributed by atoms with E-state index in [9.17, 15) is 29.8 Å². The zero-order chi connectivity index (χ0) is 18.6. The van der Waals surface area contributed by atoms with Gasteiger partial charge < -0.3 is 9.47 Å². The zero-order valence-corrected chi connectivity index (χ0v) is 13.5. The highest BCUT2D eigenvalue weighted by atomic mass is 16.6. The molecular formula is C14H16N2O8. The fourth-order valence-corrected chi connectivity index (χ4v) is 1.44. The van der Waals surface area contributed by atoms with Crippen LogP contribution in [0.2, 0.25) is 0 Å². The van der Waals surface area contributed by atoms with E-state index in [0.717, 1.165) is 6.07 Å². The van der Waals surface area contributed by atoms with Gasteiger partial charge in [0.2, 0.25) is 0 Å². The van der Waals surface area contributed by atoms with Crippen LogP contribution in [0.4, 0.5) is 11.4 Å². The van der Waals surface area contributed by atoms with Gasteiger partial charge in [0.05, 0.1) is 33.8 Å². The number of benzene rings is 1. The van der Waals surface area contributed by atoms with Gasteiger partial charge in [0.1, 0.15) is 0 Å². The lowest BCUT2D eigenvalue weighted by Gasteiger charge is -2.13. The van der Waals surface area contributed by atoms with Crippen molar-refractivity contribution in [2.45, 2.75) is 27.7 Å². The predicted molar refractivity (Wildman–Crippen MR) is 80.7 cm³/mol. The molecule has 10 nitrogen and oxygen atoms in total. The van der Waals surface area contributed by atoms with E-state index >= 15 is 0 Å². The second-order valence-electron chi connectivity index (χ2n) is 5.46. The molecule has 24 heavy (non-hydrogen) atoms. The molecule has 0 unspecified atom stereocenters. The Labute approximate surface area is 136 Å². The molecule has 0 radical (unpaired) electrons. The lowest BCUT2D eigenvalue weighted by Crippen LogP contribution is -2.19. The minimum atomic E-state index is -0.956. The van der Waals surface area contributed by atoms with Crippen molar-refractivity contribution in [3.8, 4) is 11.5 Å². The molecule has 1 aromatic rings. The van der Waals surface area contributed by atoms with Crippen LogP contribution in [-0.2, 0) is 9.59 Å². The molecular weight excluding hydrogens is 324 g/mol. The molecule has 0 saturated heterocycles. The molecule has 0 fully saturated rings. The van der Waals surface area contributed by atoms with Crippen molar-refractivity contribution in [3.63, 3.8) is 0 Å². The maximum absolute atomic E-state index is 11.8. The van der Waals surface area contributed by atoms with Gasteiger partial charge in [-0.2, -0.15) is 0 Å². The molecule has 0 aliphatic rings. The number of carbonyl (C=O) groups excluding carboxylic acids is 2. The average molecular weight is 340 g/mol. The van der Waals surface area contributed by atoms with Gasteiger partial charge >= 0.3 is 17.6 Å². The Hall–Kier alpha value is -3.04. The third kappa shape index (κ3) is 4.48. The minimum Gasteiger partial charge on any atom is -0.422 e. The Morgan fingerprint density at radius 1 is 0.917 bits per heavy atom. The molecule has 0 saturated carbocycles. The van der Waals surface area contributed by atoms with Crippen molar-refractivity contribution in [3.05, 3.63) is 32.4 Å². The molecule has 0 N–H and O–H groups in total. The Bertz CT molecular complexity index is 696. The van der Waals surface area contributed by atoms with Crippen LogP contribution in [0.5, 0.6) is 11.5 Å². The third-order valence-electron chi connectivity index (χ3n) is 2.78. The van der Waals surface area contributed by atoms with Crippen molar-refractivity contribution in [1.29, 1.82) is 0 Å². The summed E-state index contributed by atoms with van der Waals surface area (Å²) < 4.78 is 9.88. The van der Waals surface area contributed by atoms with Gasteiger partial charge in [-0.05, 0) is 0 Å². The highest BCUT2D eigenvalue weighted by molar-refractivity contribution is 5.80. The van der Waals surface area contributed by atoms with Crippen LogP contribution < -0.4 is 9.47 Å². The summed E-state index contributed by atoms with van der Waals surface area (Å²) in [6.45, 7) is 6.01. The Morgan fingerprint density at radius 3 is 1.83 bits per heavy atom. The van der Waals surface area contributed by atoms with Crippen LogP contribution in [0.25, 0.3) is 0 Å². The zero-order valence-electron chi connectivity index (χ0n) is 13.5. The van der Waals surface area contributed by atoms with E-state index < -0.39 is 56.5 Å². The largest absolute Gasteiger partial charge is 0.422 e. The molecule has 0 aromatic heterocycles. The number of hydrogen-bond donors (Lipinski definition) is 0. The van der Waals surface area contributed by atoms with E-state index in [2.05, 4.69) is 0 Å². The number of nitro groups is 2. The summed E-state index contributed by atoms with van der Waals surface area (Å²) in [5, 5.41) is 22.1. The normalized spacial score (nSPS) is 10.6. The number of nitro benzene ring substituents is 2. The predicted octanol–water partition coefficient (Wildman–Crippen LogP) is 2.63. The van der Waals surface area contributed by atoms with Crippen LogP contribution in [0.1, 0.15) is 27.7 Å². The topological polar surface area (TPSA) is 139 Å². The van der Waals surface area contributed by atoms with E-state index in [1.54, 1.807) is 0 Å². The molecule has 130 valence electrons. The molecule has 1 aromatic carbocycles. The molecule has 0 spiro atoms. The van der Waals surface area contributed by atoms with E-state index in [4.69, 9.17) is 9.47 Å². The van der Waals surface area contributed by atoms with Gasteiger partial charge in [-0.3, -0.25) is 29.8 Å². The van der Waals surface area contributed by atoms with Gasteiger partial charge in [-0.15, -0.1) is 0 Å². The average Bonchev–Trinajstić information content (AvgIpc) is 2.47. The van der Waals surface area contributed by atoms with Crippen LogP contribution >= 0.6 is 0 Å². The van der Waals surface area contributed by atoms with Crippen molar-refractivity contribution < 1.29 is 28.9 Å². The first-order valence-electron chi connectivity index (χ1n) is 6.94. The maximum Gasteiger partial charge on any atom is 0.322 e. The smallest absolute Gasteiger partial charge is 0.322 e. The molecule has 0 aliphatic carbocycles. The summed E-state index contributed by atoms with van der Waals surface area (Å²) >= 11 is 0. The standard InChI is InChI=1S/C14H16N2O8/c1-7(2)13(17)23-11-6-9(15(19)20)5-10(16(21)22)12(11)24-14(18)8(3)4/h5-8H,1-4H3. The molecule has 0 amide bonds. The minimum absolute atomic E-state index is 0.552. The Balaban J connectivity index is 3.53. The quantitative estimate of drug-likeness (QED) is 0.333. The van der Waals surface area contributed by atoms with Gasteiger partial charge in [-0.25, -0.2) is 0 Å². The number of ether oxygens (including phenoxy) is 2. The van der Waals surface area contributed by atoms with Crippen LogP contribution in [-0.4, -0.2) is 21.8 Å². The van der Waals surface area contributed by atoms with E-state index in [-0.39, 0.29) is 0 Å². The van der Waals surface area contributed by atoms with Gasteiger partial charge in [0, 0.05) is 0 Å². The Morgan fingerprint density at radius 2 is 1.42 bits per heavy atom. The highest BCUT2D eigenvalue weighted by Crippen LogP contribution is 2.41. The SMILES string of the molecule is CC(C)C(=O)Oc1cc([N+](=O)[O-])cc([N+](=O)[O-])c1OC(=O)C(C)C. The lowest BCUT2D eigenvalue weighted by molar-refractivity contribution is -0.394. The highest BCUT2D eigenvalue weighted by Gasteiger charge is 2.30. The first-order valence-corrected chi connectivity index (χ1v) is 6.94. The first kappa shape index (κ1) is 19.0. The van der Waals surface area contributed by atoms with Crippen molar-refractivity contribution in [1.82, 2.24) is 0 Å². The Kier molecular flexibility index (Phi) is 5.93. The number of esters is 2. The van der Waals surface area contributed by atoms with Crippen molar-refractivity contribution >= 4 is 23.3 Å². The molecule has 0 aliphatic heterocycles. The van der Waals surface area contributed by atoms with Crippen molar-refractivity contribution in [2.75, 3.05) is 0 Å². The molecule has 0 atom stereocenters. The number of carbonyl (C=O) groups is 2. The summed E-state index contributed by atoms with van der Waals surface area (Å²) in [4.78, 5) is 43.8. The van der Waals surface area contributed by atoms with E-state index in [0.29, 0.717) is 6.07 Å². The summed E-state index contributed by atoms with van der Waals surface area (Å²) in [5.74, 6) is -4.01. The lowest BCUT2D eigenvalue weighted by atomic mass is 10.2. The summed E-state index contributed by atoms with van der Waals surface area (Å²) in [5.41, 5.74) is -1.51. The number of nitrogens with zero attached hydrogens (tertiary/aromatic N) is 2. The number of non-ortho nitro benzene ring substituents is 1. The summed E-state index contributed by atoms with van der Waals surface area (Å²) in [6, 6.07) is 1.44. The molecule has 10 heteroatoms. The second kappa shape index (κ2) is 7.49. The van der Waals surface area contributed by atoms with E-state index in [1.807, 2.05) is 0 Å². The summed E-state index contributed by atoms with van der Waals surface area (Å²) in [7, 11) is 0. The third-order valence-corrected chi connectivity index (χ3v) is 2.78. The van der Waals surface area contributed by atoms with Gasteiger partial charge in [0.25, 0.3) is 11.4 Å². The molecule has 0 bridgehead atoms. The van der Waals surface area contributed by atoms with Crippen LogP contribution in [0, 0.1) is 32.1 Å². The summed E-state index contributed by atoms with van der Waals surface area (Å²) in [6.07, 6.45) is 0. The molecule has 1 rings (SSSR count). The van der Waals surface area contributed by atoms with Gasteiger partial charge in [-0.1, -0.05) is 27.7 Å². The van der Waals surface area contributed by atoms with E-state index in [1.165, 1.54) is 27.7 Å². The fraction of sp³-hybridized carbons (Fsp3) is 0.429. The number of rotatable bonds is 6. The second-order valence-corrected chi connectivity index (χ2v) is 5.46.